The van der Waals surface area contributed by atoms with Crippen LogP contribution in [0.4, 0.5) is 10.5 Å². The van der Waals surface area contributed by atoms with Gasteiger partial charge in [0.05, 0.1) is 5.88 Å². The molecule has 0 saturated carbocycles. The van der Waals surface area contributed by atoms with E-state index in [9.17, 15) is 9.59 Å². The molecular formula is C18H17ClN2O3S. The topological polar surface area (TPSA) is 58.6 Å². The Balaban J connectivity index is 1.58. The van der Waals surface area contributed by atoms with Gasteiger partial charge in [-0.05, 0) is 29.8 Å². The summed E-state index contributed by atoms with van der Waals surface area (Å²) in [6, 6.07) is 15.7. The number of rotatable bonds is 4. The summed E-state index contributed by atoms with van der Waals surface area (Å²) in [5, 5.41) is 3.41. The van der Waals surface area contributed by atoms with Gasteiger partial charge in [-0.15, -0.1) is 11.8 Å². The second kappa shape index (κ2) is 8.27. The fraction of sp³-hybridized carbons (Fsp3) is 0.222. The first-order chi connectivity index (χ1) is 12.1. The number of carbonyl (C=O) groups is 2. The molecule has 3 rings (SSSR count). The third-order valence-electron chi connectivity index (χ3n) is 3.74. The fourth-order valence-electron chi connectivity index (χ4n) is 2.40. The molecule has 2 amide bonds. The predicted molar refractivity (Wildman–Crippen MR) is 99.7 cm³/mol. The molecule has 2 aromatic rings. The fourth-order valence-corrected chi connectivity index (χ4v) is 3.67. The lowest BCUT2D eigenvalue weighted by Gasteiger charge is -2.22. The summed E-state index contributed by atoms with van der Waals surface area (Å²) in [6.45, 7) is 0.187. The van der Waals surface area contributed by atoms with Crippen LogP contribution in [-0.2, 0) is 16.1 Å². The van der Waals surface area contributed by atoms with Crippen LogP contribution < -0.4 is 5.32 Å². The van der Waals surface area contributed by atoms with Crippen LogP contribution in [0.5, 0.6) is 0 Å². The number of nitrogens with zero attached hydrogens (tertiary/aromatic N) is 1. The molecule has 0 aliphatic carbocycles. The summed E-state index contributed by atoms with van der Waals surface area (Å²) in [5.41, 5.74) is 1.55. The van der Waals surface area contributed by atoms with E-state index < -0.39 is 12.1 Å². The molecule has 1 aliphatic rings. The lowest BCUT2D eigenvalue weighted by molar-refractivity contribution is -0.119. The average Bonchev–Trinajstić information content (AvgIpc) is 3.12. The number of ether oxygens (including phenoxy) is 1. The van der Waals surface area contributed by atoms with E-state index in [0.717, 1.165) is 5.56 Å². The summed E-state index contributed by atoms with van der Waals surface area (Å²) < 4.78 is 5.33. The van der Waals surface area contributed by atoms with Crippen molar-refractivity contribution in [3.63, 3.8) is 0 Å². The Morgan fingerprint density at radius 1 is 1.16 bits per heavy atom. The molecule has 25 heavy (non-hydrogen) atoms. The second-order valence-electron chi connectivity index (χ2n) is 5.52. The first-order valence-electron chi connectivity index (χ1n) is 7.75. The zero-order valence-electron chi connectivity index (χ0n) is 13.4. The average molecular weight is 377 g/mol. The summed E-state index contributed by atoms with van der Waals surface area (Å²) in [7, 11) is 0. The molecule has 130 valence electrons. The van der Waals surface area contributed by atoms with Crippen LogP contribution in [0.25, 0.3) is 0 Å². The molecule has 0 radical (unpaired) electrons. The van der Waals surface area contributed by atoms with Crippen LogP contribution in [0.3, 0.4) is 0 Å². The van der Waals surface area contributed by atoms with Crippen molar-refractivity contribution in [2.24, 2.45) is 0 Å². The van der Waals surface area contributed by atoms with E-state index in [4.69, 9.17) is 16.3 Å². The molecule has 0 unspecified atom stereocenters. The minimum Gasteiger partial charge on any atom is -0.445 e. The normalized spacial score (nSPS) is 16.5. The van der Waals surface area contributed by atoms with Gasteiger partial charge in [-0.1, -0.05) is 41.9 Å². The zero-order chi connectivity index (χ0) is 17.6. The monoisotopic (exact) mass is 376 g/mol. The van der Waals surface area contributed by atoms with E-state index in [0.29, 0.717) is 22.3 Å². The Kier molecular flexibility index (Phi) is 5.83. The molecule has 1 atom stereocenters. The van der Waals surface area contributed by atoms with Crippen LogP contribution in [-0.4, -0.2) is 34.6 Å². The SMILES string of the molecule is O=C(Nc1ccc(Cl)cc1)[C@@H]1CSCN1C(=O)OCc1ccccc1. The highest BCUT2D eigenvalue weighted by Gasteiger charge is 2.35. The number of nitrogens with one attached hydrogen (secondary N) is 1. The lowest BCUT2D eigenvalue weighted by atomic mass is 10.2. The first kappa shape index (κ1) is 17.6. The van der Waals surface area contributed by atoms with Gasteiger partial charge in [0.2, 0.25) is 5.91 Å². The summed E-state index contributed by atoms with van der Waals surface area (Å²) in [6.07, 6.45) is -0.481. The van der Waals surface area contributed by atoms with Gasteiger partial charge in [0, 0.05) is 16.5 Å². The largest absolute Gasteiger partial charge is 0.445 e. The van der Waals surface area contributed by atoms with Crippen molar-refractivity contribution in [3.05, 3.63) is 65.2 Å². The summed E-state index contributed by atoms with van der Waals surface area (Å²) in [4.78, 5) is 26.3. The third kappa shape index (κ3) is 4.67. The molecule has 1 heterocycles. The second-order valence-corrected chi connectivity index (χ2v) is 6.96. The maximum Gasteiger partial charge on any atom is 0.411 e. The maximum atomic E-state index is 12.5. The van der Waals surface area contributed by atoms with E-state index in [-0.39, 0.29) is 12.5 Å². The van der Waals surface area contributed by atoms with Gasteiger partial charge in [-0.3, -0.25) is 9.69 Å². The van der Waals surface area contributed by atoms with Gasteiger partial charge < -0.3 is 10.1 Å². The van der Waals surface area contributed by atoms with Crippen molar-refractivity contribution >= 4 is 41.1 Å². The number of thioether (sulfide) groups is 1. The molecule has 1 aliphatic heterocycles. The minimum absolute atomic E-state index is 0.187. The molecule has 1 fully saturated rings. The van der Waals surface area contributed by atoms with Gasteiger partial charge in [0.1, 0.15) is 12.6 Å². The Morgan fingerprint density at radius 2 is 1.88 bits per heavy atom. The number of hydrogen-bond donors (Lipinski definition) is 1. The highest BCUT2D eigenvalue weighted by Crippen LogP contribution is 2.24. The zero-order valence-corrected chi connectivity index (χ0v) is 14.9. The number of halogens is 1. The molecule has 1 N–H and O–H groups in total. The van der Waals surface area contributed by atoms with Crippen LogP contribution >= 0.6 is 23.4 Å². The van der Waals surface area contributed by atoms with Crippen molar-refractivity contribution < 1.29 is 14.3 Å². The smallest absolute Gasteiger partial charge is 0.411 e. The van der Waals surface area contributed by atoms with Crippen molar-refractivity contribution in [1.82, 2.24) is 4.90 Å². The summed E-state index contributed by atoms with van der Waals surface area (Å²) >= 11 is 7.36. The first-order valence-corrected chi connectivity index (χ1v) is 9.28. The number of hydrogen-bond acceptors (Lipinski definition) is 4. The molecule has 5 nitrogen and oxygen atoms in total. The number of benzene rings is 2. The van der Waals surface area contributed by atoms with Crippen molar-refractivity contribution in [3.8, 4) is 0 Å². The highest BCUT2D eigenvalue weighted by molar-refractivity contribution is 7.99. The van der Waals surface area contributed by atoms with Crippen molar-refractivity contribution in [2.75, 3.05) is 16.9 Å². The Morgan fingerprint density at radius 3 is 2.60 bits per heavy atom. The van der Waals surface area contributed by atoms with E-state index in [1.165, 1.54) is 16.7 Å². The Bertz CT molecular complexity index is 740. The van der Waals surface area contributed by atoms with E-state index in [2.05, 4.69) is 5.32 Å². The van der Waals surface area contributed by atoms with Gasteiger partial charge in [0.25, 0.3) is 0 Å². The van der Waals surface area contributed by atoms with Gasteiger partial charge in [-0.25, -0.2) is 4.79 Å². The van der Waals surface area contributed by atoms with E-state index >= 15 is 0 Å². The van der Waals surface area contributed by atoms with E-state index in [1.54, 1.807) is 24.3 Å². The van der Waals surface area contributed by atoms with Crippen LogP contribution in [0.1, 0.15) is 5.56 Å². The quantitative estimate of drug-likeness (QED) is 0.876. The summed E-state index contributed by atoms with van der Waals surface area (Å²) in [5.74, 6) is 0.746. The van der Waals surface area contributed by atoms with Gasteiger partial charge >= 0.3 is 6.09 Å². The molecule has 0 spiro atoms. The molecule has 2 aromatic carbocycles. The number of carbonyl (C=O) groups excluding carboxylic acids is 2. The molecule has 0 aromatic heterocycles. The van der Waals surface area contributed by atoms with Crippen LogP contribution in [0.15, 0.2) is 54.6 Å². The minimum atomic E-state index is -0.552. The van der Waals surface area contributed by atoms with E-state index in [1.807, 2.05) is 30.3 Å². The van der Waals surface area contributed by atoms with Gasteiger partial charge in [-0.2, -0.15) is 0 Å². The Labute approximate surface area is 155 Å². The maximum absolute atomic E-state index is 12.5. The standard InChI is InChI=1S/C18H17ClN2O3S/c19-14-6-8-15(9-7-14)20-17(22)16-11-25-12-21(16)18(23)24-10-13-4-2-1-3-5-13/h1-9,16H,10-12H2,(H,20,22)/t16-/m0/s1. The predicted octanol–water partition coefficient (Wildman–Crippen LogP) is 3.99. The van der Waals surface area contributed by atoms with Crippen LogP contribution in [0.2, 0.25) is 5.02 Å². The molecular weight excluding hydrogens is 360 g/mol. The highest BCUT2D eigenvalue weighted by atomic mass is 35.5. The van der Waals surface area contributed by atoms with Gasteiger partial charge in [0.15, 0.2) is 0 Å². The van der Waals surface area contributed by atoms with Crippen molar-refractivity contribution in [1.29, 1.82) is 0 Å². The lowest BCUT2D eigenvalue weighted by Crippen LogP contribution is -2.44. The number of anilines is 1. The molecule has 0 bridgehead atoms. The Hall–Kier alpha value is -2.18. The number of amides is 2. The van der Waals surface area contributed by atoms with Crippen molar-refractivity contribution in [2.45, 2.75) is 12.6 Å². The van der Waals surface area contributed by atoms with Crippen LogP contribution in [0, 0.1) is 0 Å². The third-order valence-corrected chi connectivity index (χ3v) is 5.00. The molecule has 1 saturated heterocycles. The molecule has 7 heteroatoms.